The number of nitrogens with one attached hydrogen (secondary N) is 1. The molecule has 0 aromatic carbocycles. The van der Waals surface area contributed by atoms with Crippen molar-refractivity contribution in [2.75, 3.05) is 26.7 Å². The number of aryl methyl sites for hydroxylation is 1. The maximum absolute atomic E-state index is 12.1. The summed E-state index contributed by atoms with van der Waals surface area (Å²) in [6.45, 7) is 2.89. The number of piperidine rings is 1. The van der Waals surface area contributed by atoms with Gasteiger partial charge >= 0.3 is 0 Å². The van der Waals surface area contributed by atoms with E-state index < -0.39 is 0 Å². The molecule has 0 spiro atoms. The second kappa shape index (κ2) is 9.22. The maximum Gasteiger partial charge on any atom is 0.226 e. The minimum Gasteiger partial charge on any atom is -0.353 e. The minimum absolute atomic E-state index is 0.106. The molecule has 1 aliphatic rings. The summed E-state index contributed by atoms with van der Waals surface area (Å²) >= 11 is 1.67. The van der Waals surface area contributed by atoms with Gasteiger partial charge in [0.1, 0.15) is 0 Å². The lowest BCUT2D eigenvalue weighted by atomic mass is 10.1. The van der Waals surface area contributed by atoms with Crippen molar-refractivity contribution >= 4 is 17.2 Å². The van der Waals surface area contributed by atoms with Gasteiger partial charge in [-0.3, -0.25) is 4.79 Å². The third-order valence-corrected chi connectivity index (χ3v) is 5.08. The van der Waals surface area contributed by atoms with E-state index in [4.69, 9.17) is 5.73 Å². The zero-order valence-electron chi connectivity index (χ0n) is 13.5. The van der Waals surface area contributed by atoms with Crippen molar-refractivity contribution < 1.29 is 4.79 Å². The van der Waals surface area contributed by atoms with Crippen molar-refractivity contribution in [2.24, 2.45) is 5.73 Å². The molecule has 5 nitrogen and oxygen atoms in total. The van der Waals surface area contributed by atoms with Gasteiger partial charge in [-0.1, -0.05) is 6.42 Å². The van der Waals surface area contributed by atoms with Gasteiger partial charge in [-0.2, -0.15) is 0 Å². The molecule has 22 heavy (non-hydrogen) atoms. The first-order valence-electron chi connectivity index (χ1n) is 8.28. The van der Waals surface area contributed by atoms with Gasteiger partial charge < -0.3 is 16.0 Å². The van der Waals surface area contributed by atoms with E-state index in [1.165, 1.54) is 0 Å². The van der Waals surface area contributed by atoms with Gasteiger partial charge in [0.15, 0.2) is 0 Å². The molecule has 1 aromatic heterocycles. The number of amides is 1. The van der Waals surface area contributed by atoms with Crippen LogP contribution in [0.15, 0.2) is 5.38 Å². The minimum atomic E-state index is 0.106. The summed E-state index contributed by atoms with van der Waals surface area (Å²) < 4.78 is 0. The fourth-order valence-corrected chi connectivity index (χ4v) is 3.58. The Morgan fingerprint density at radius 2 is 2.18 bits per heavy atom. The van der Waals surface area contributed by atoms with Crippen LogP contribution < -0.4 is 11.1 Å². The molecule has 3 N–H and O–H groups in total. The zero-order chi connectivity index (χ0) is 15.8. The van der Waals surface area contributed by atoms with E-state index in [9.17, 15) is 4.79 Å². The molecule has 6 heteroatoms. The van der Waals surface area contributed by atoms with Crippen LogP contribution in [0.25, 0.3) is 0 Å². The number of likely N-dealkylation sites (tertiary alicyclic amines) is 1. The molecule has 124 valence electrons. The van der Waals surface area contributed by atoms with Gasteiger partial charge in [0.25, 0.3) is 0 Å². The van der Waals surface area contributed by atoms with Crippen molar-refractivity contribution in [1.29, 1.82) is 0 Å². The molecule has 0 saturated carbocycles. The van der Waals surface area contributed by atoms with E-state index in [1.807, 2.05) is 5.38 Å². The molecule has 2 heterocycles. The molecule has 1 amide bonds. The Bertz CT molecular complexity index is 455. The van der Waals surface area contributed by atoms with E-state index in [0.717, 1.165) is 68.9 Å². The largest absolute Gasteiger partial charge is 0.353 e. The Balaban J connectivity index is 1.69. The molecule has 1 saturated heterocycles. The third kappa shape index (κ3) is 6.02. The third-order valence-electron chi connectivity index (χ3n) is 4.12. The van der Waals surface area contributed by atoms with Gasteiger partial charge in [-0.25, -0.2) is 4.98 Å². The predicted molar refractivity (Wildman–Crippen MR) is 91.1 cm³/mol. The van der Waals surface area contributed by atoms with Gasteiger partial charge in [-0.05, 0) is 58.8 Å². The molecule has 2 rings (SSSR count). The van der Waals surface area contributed by atoms with Crippen LogP contribution in [0.3, 0.4) is 0 Å². The van der Waals surface area contributed by atoms with Crippen LogP contribution in [0.4, 0.5) is 0 Å². The van der Waals surface area contributed by atoms with Crippen molar-refractivity contribution in [3.63, 3.8) is 0 Å². The van der Waals surface area contributed by atoms with E-state index in [2.05, 4.69) is 22.2 Å². The van der Waals surface area contributed by atoms with Crippen LogP contribution in [-0.4, -0.2) is 48.5 Å². The molecule has 1 fully saturated rings. The van der Waals surface area contributed by atoms with Crippen LogP contribution in [0, 0.1) is 0 Å². The number of carbonyl (C=O) groups is 1. The number of unbranched alkanes of at least 4 members (excludes halogenated alkanes) is 2. The highest BCUT2D eigenvalue weighted by molar-refractivity contribution is 7.09. The van der Waals surface area contributed by atoms with Crippen molar-refractivity contribution in [1.82, 2.24) is 15.2 Å². The summed E-state index contributed by atoms with van der Waals surface area (Å²) in [5.74, 6) is 0.106. The number of carbonyl (C=O) groups excluding carboxylic acids is 1. The maximum atomic E-state index is 12.1. The second-order valence-electron chi connectivity index (χ2n) is 6.15. The van der Waals surface area contributed by atoms with E-state index in [0.29, 0.717) is 12.5 Å². The highest BCUT2D eigenvalue weighted by Crippen LogP contribution is 2.14. The summed E-state index contributed by atoms with van der Waals surface area (Å²) in [5.41, 5.74) is 6.40. The van der Waals surface area contributed by atoms with E-state index in [1.54, 1.807) is 11.3 Å². The number of rotatable bonds is 8. The van der Waals surface area contributed by atoms with Gasteiger partial charge in [-0.15, -0.1) is 11.3 Å². The highest BCUT2D eigenvalue weighted by Gasteiger charge is 2.18. The van der Waals surface area contributed by atoms with Crippen molar-refractivity contribution in [3.05, 3.63) is 16.1 Å². The molecular formula is C16H28N4OS. The first kappa shape index (κ1) is 17.4. The SMILES string of the molecule is CN1CCC(NC(=O)Cc2csc(CCCCCN)n2)CC1. The molecular weight excluding hydrogens is 296 g/mol. The lowest BCUT2D eigenvalue weighted by Gasteiger charge is -2.29. The average molecular weight is 324 g/mol. The lowest BCUT2D eigenvalue weighted by molar-refractivity contribution is -0.121. The zero-order valence-corrected chi connectivity index (χ0v) is 14.3. The summed E-state index contributed by atoms with van der Waals surface area (Å²) in [6, 6.07) is 0.332. The molecule has 1 aromatic rings. The summed E-state index contributed by atoms with van der Waals surface area (Å²) in [5, 5.41) is 6.30. The smallest absolute Gasteiger partial charge is 0.226 e. The van der Waals surface area contributed by atoms with Crippen LogP contribution in [0.2, 0.25) is 0 Å². The lowest BCUT2D eigenvalue weighted by Crippen LogP contribution is -2.43. The second-order valence-corrected chi connectivity index (χ2v) is 7.10. The van der Waals surface area contributed by atoms with Crippen LogP contribution >= 0.6 is 11.3 Å². The van der Waals surface area contributed by atoms with E-state index in [-0.39, 0.29) is 5.91 Å². The van der Waals surface area contributed by atoms with Crippen LogP contribution in [0.1, 0.15) is 42.8 Å². The Labute approximate surface area is 137 Å². The Morgan fingerprint density at radius 1 is 1.41 bits per heavy atom. The molecule has 0 atom stereocenters. The van der Waals surface area contributed by atoms with Crippen molar-refractivity contribution in [3.8, 4) is 0 Å². The van der Waals surface area contributed by atoms with E-state index >= 15 is 0 Å². The summed E-state index contributed by atoms with van der Waals surface area (Å²) in [6.07, 6.45) is 6.87. The van der Waals surface area contributed by atoms with Crippen LogP contribution in [-0.2, 0) is 17.6 Å². The summed E-state index contributed by atoms with van der Waals surface area (Å²) in [7, 11) is 2.13. The highest BCUT2D eigenvalue weighted by atomic mass is 32.1. The quantitative estimate of drug-likeness (QED) is 0.712. The first-order chi connectivity index (χ1) is 10.7. The molecule has 1 aliphatic heterocycles. The number of hydrogen-bond donors (Lipinski definition) is 2. The number of nitrogens with two attached hydrogens (primary N) is 1. The number of aromatic nitrogens is 1. The Kier molecular flexibility index (Phi) is 7.29. The Morgan fingerprint density at radius 3 is 2.91 bits per heavy atom. The first-order valence-corrected chi connectivity index (χ1v) is 9.16. The molecule has 0 aliphatic carbocycles. The molecule has 0 bridgehead atoms. The Hall–Kier alpha value is -0.980. The van der Waals surface area contributed by atoms with Gasteiger partial charge in [0.2, 0.25) is 5.91 Å². The number of thiazole rings is 1. The van der Waals surface area contributed by atoms with Gasteiger partial charge in [0, 0.05) is 11.4 Å². The molecule has 0 radical (unpaired) electrons. The molecule has 0 unspecified atom stereocenters. The monoisotopic (exact) mass is 324 g/mol. The van der Waals surface area contributed by atoms with Crippen LogP contribution in [0.5, 0.6) is 0 Å². The number of hydrogen-bond acceptors (Lipinski definition) is 5. The fraction of sp³-hybridized carbons (Fsp3) is 0.750. The average Bonchev–Trinajstić information content (AvgIpc) is 2.93. The van der Waals surface area contributed by atoms with Crippen molar-refractivity contribution in [2.45, 2.75) is 51.0 Å². The topological polar surface area (TPSA) is 71.2 Å². The normalized spacial score (nSPS) is 16.8. The van der Waals surface area contributed by atoms with Gasteiger partial charge in [0.05, 0.1) is 17.1 Å². The standard InChI is InChI=1S/C16H28N4OS/c1-20-9-6-13(7-10-20)18-15(21)11-14-12-22-16(19-14)5-3-2-4-8-17/h12-13H,2-11,17H2,1H3,(H,18,21). The summed E-state index contributed by atoms with van der Waals surface area (Å²) in [4.78, 5) is 19.0. The fourth-order valence-electron chi connectivity index (χ4n) is 2.74. The predicted octanol–water partition coefficient (Wildman–Crippen LogP) is 1.57. The number of nitrogens with zero attached hydrogens (tertiary/aromatic N) is 2.